The van der Waals surface area contributed by atoms with Gasteiger partial charge < -0.3 is 4.57 Å². The SMILES string of the molecule is Cn1cc(CC#N)c2c(I)cccc21. The van der Waals surface area contributed by atoms with E-state index in [9.17, 15) is 0 Å². The number of aromatic nitrogens is 1. The first-order chi connectivity index (χ1) is 6.74. The minimum Gasteiger partial charge on any atom is -0.350 e. The molecule has 2 rings (SSSR count). The summed E-state index contributed by atoms with van der Waals surface area (Å²) in [5, 5.41) is 9.94. The maximum absolute atomic E-state index is 8.72. The number of halogens is 1. The van der Waals surface area contributed by atoms with E-state index >= 15 is 0 Å². The molecule has 0 atom stereocenters. The highest BCUT2D eigenvalue weighted by Gasteiger charge is 2.08. The van der Waals surface area contributed by atoms with Crippen LogP contribution in [0, 0.1) is 14.9 Å². The summed E-state index contributed by atoms with van der Waals surface area (Å²) in [6.07, 6.45) is 2.52. The largest absolute Gasteiger partial charge is 0.350 e. The van der Waals surface area contributed by atoms with Crippen LogP contribution in [0.1, 0.15) is 5.56 Å². The zero-order valence-corrected chi connectivity index (χ0v) is 9.95. The molecule has 1 aromatic carbocycles. The molecule has 70 valence electrons. The average molecular weight is 296 g/mol. The molecule has 0 aliphatic rings. The number of fused-ring (bicyclic) bond motifs is 1. The number of benzene rings is 1. The molecule has 0 unspecified atom stereocenters. The van der Waals surface area contributed by atoms with Crippen LogP contribution in [0.25, 0.3) is 10.9 Å². The highest BCUT2D eigenvalue weighted by Crippen LogP contribution is 2.25. The molecule has 0 aliphatic heterocycles. The topological polar surface area (TPSA) is 28.7 Å². The summed E-state index contributed by atoms with van der Waals surface area (Å²) in [5.41, 5.74) is 2.32. The van der Waals surface area contributed by atoms with Crippen molar-refractivity contribution in [1.82, 2.24) is 4.57 Å². The first-order valence-corrected chi connectivity index (χ1v) is 5.41. The molecule has 0 N–H and O–H groups in total. The van der Waals surface area contributed by atoms with Gasteiger partial charge in [0.2, 0.25) is 0 Å². The third-order valence-corrected chi connectivity index (χ3v) is 3.21. The van der Waals surface area contributed by atoms with E-state index in [4.69, 9.17) is 5.26 Å². The number of nitriles is 1. The summed E-state index contributed by atoms with van der Waals surface area (Å²) in [6.45, 7) is 0. The molecule has 0 saturated carbocycles. The van der Waals surface area contributed by atoms with E-state index in [2.05, 4.69) is 45.4 Å². The van der Waals surface area contributed by atoms with Gasteiger partial charge >= 0.3 is 0 Å². The first-order valence-electron chi connectivity index (χ1n) is 4.33. The summed E-state index contributed by atoms with van der Waals surface area (Å²) in [7, 11) is 2.01. The Bertz CT molecular complexity index is 520. The van der Waals surface area contributed by atoms with E-state index in [1.807, 2.05) is 19.3 Å². The third-order valence-electron chi connectivity index (χ3n) is 2.31. The quantitative estimate of drug-likeness (QED) is 0.744. The predicted molar refractivity (Wildman–Crippen MR) is 65.0 cm³/mol. The second-order valence-corrected chi connectivity index (χ2v) is 4.40. The Hall–Kier alpha value is -1.02. The van der Waals surface area contributed by atoms with Crippen LogP contribution in [0.5, 0.6) is 0 Å². The van der Waals surface area contributed by atoms with Gasteiger partial charge in [-0.2, -0.15) is 5.26 Å². The lowest BCUT2D eigenvalue weighted by Crippen LogP contribution is -1.83. The molecule has 0 spiro atoms. The second kappa shape index (κ2) is 3.62. The fourth-order valence-electron chi connectivity index (χ4n) is 1.71. The monoisotopic (exact) mass is 296 g/mol. The Kier molecular flexibility index (Phi) is 2.46. The van der Waals surface area contributed by atoms with E-state index in [0.717, 1.165) is 5.56 Å². The van der Waals surface area contributed by atoms with Gasteiger partial charge in [-0.05, 0) is 40.3 Å². The Morgan fingerprint density at radius 2 is 2.29 bits per heavy atom. The van der Waals surface area contributed by atoms with Crippen molar-refractivity contribution in [3.63, 3.8) is 0 Å². The van der Waals surface area contributed by atoms with Gasteiger partial charge in [0.1, 0.15) is 0 Å². The summed E-state index contributed by atoms with van der Waals surface area (Å²) >= 11 is 2.31. The molecule has 1 aromatic heterocycles. The minimum absolute atomic E-state index is 0.483. The van der Waals surface area contributed by atoms with E-state index in [-0.39, 0.29) is 0 Å². The molecule has 2 nitrogen and oxygen atoms in total. The highest BCUT2D eigenvalue weighted by molar-refractivity contribution is 14.1. The van der Waals surface area contributed by atoms with Gasteiger partial charge in [-0.15, -0.1) is 0 Å². The van der Waals surface area contributed by atoms with Crippen LogP contribution < -0.4 is 0 Å². The van der Waals surface area contributed by atoms with Gasteiger partial charge in [0.05, 0.1) is 12.5 Å². The minimum atomic E-state index is 0.483. The van der Waals surface area contributed by atoms with Gasteiger partial charge in [0.15, 0.2) is 0 Å². The van der Waals surface area contributed by atoms with Crippen molar-refractivity contribution >= 4 is 33.5 Å². The first kappa shape index (κ1) is 9.53. The van der Waals surface area contributed by atoms with Crippen LogP contribution in [0.2, 0.25) is 0 Å². The Morgan fingerprint density at radius 3 is 3.00 bits per heavy atom. The van der Waals surface area contributed by atoms with Gasteiger partial charge in [0.25, 0.3) is 0 Å². The fraction of sp³-hybridized carbons (Fsp3) is 0.182. The van der Waals surface area contributed by atoms with Crippen LogP contribution >= 0.6 is 22.6 Å². The molecule has 0 aliphatic carbocycles. The van der Waals surface area contributed by atoms with Crippen molar-refractivity contribution in [1.29, 1.82) is 5.26 Å². The molecule has 2 aromatic rings. The summed E-state index contributed by atoms with van der Waals surface area (Å²) in [6, 6.07) is 8.40. The maximum Gasteiger partial charge on any atom is 0.0670 e. The maximum atomic E-state index is 8.72. The number of nitrogens with zero attached hydrogens (tertiary/aromatic N) is 2. The summed E-state index contributed by atoms with van der Waals surface area (Å²) in [4.78, 5) is 0. The van der Waals surface area contributed by atoms with Gasteiger partial charge in [-0.3, -0.25) is 0 Å². The van der Waals surface area contributed by atoms with Crippen molar-refractivity contribution in [3.05, 3.63) is 33.5 Å². The molecule has 3 heteroatoms. The number of hydrogen-bond acceptors (Lipinski definition) is 1. The lowest BCUT2D eigenvalue weighted by Gasteiger charge is -1.97. The predicted octanol–water partition coefficient (Wildman–Crippen LogP) is 2.85. The van der Waals surface area contributed by atoms with Crippen LogP contribution in [-0.4, -0.2) is 4.57 Å². The van der Waals surface area contributed by atoms with E-state index in [0.29, 0.717) is 6.42 Å². The van der Waals surface area contributed by atoms with Crippen LogP contribution in [-0.2, 0) is 13.5 Å². The van der Waals surface area contributed by atoms with Crippen molar-refractivity contribution in [2.24, 2.45) is 7.05 Å². The van der Waals surface area contributed by atoms with Crippen molar-refractivity contribution < 1.29 is 0 Å². The van der Waals surface area contributed by atoms with Gasteiger partial charge in [-0.25, -0.2) is 0 Å². The van der Waals surface area contributed by atoms with Crippen LogP contribution in [0.15, 0.2) is 24.4 Å². The normalized spacial score (nSPS) is 10.4. The highest BCUT2D eigenvalue weighted by atomic mass is 127. The van der Waals surface area contributed by atoms with Gasteiger partial charge in [-0.1, -0.05) is 6.07 Å². The molecule has 0 saturated heterocycles. The molecular weight excluding hydrogens is 287 g/mol. The van der Waals surface area contributed by atoms with Crippen molar-refractivity contribution in [2.75, 3.05) is 0 Å². The van der Waals surface area contributed by atoms with E-state index < -0.39 is 0 Å². The lowest BCUT2D eigenvalue weighted by molar-refractivity contribution is 0.960. The molecule has 0 fully saturated rings. The Morgan fingerprint density at radius 1 is 1.50 bits per heavy atom. The van der Waals surface area contributed by atoms with E-state index in [1.165, 1.54) is 14.5 Å². The van der Waals surface area contributed by atoms with Gasteiger partial charge in [0, 0.05) is 27.7 Å². The third kappa shape index (κ3) is 1.40. The molecule has 0 amide bonds. The summed E-state index contributed by atoms with van der Waals surface area (Å²) < 4.78 is 3.29. The molecule has 0 bridgehead atoms. The van der Waals surface area contributed by atoms with Crippen molar-refractivity contribution in [3.8, 4) is 6.07 Å². The van der Waals surface area contributed by atoms with Crippen molar-refractivity contribution in [2.45, 2.75) is 6.42 Å². The second-order valence-electron chi connectivity index (χ2n) is 3.23. The number of hydrogen-bond donors (Lipinski definition) is 0. The Labute approximate surface area is 96.3 Å². The molecular formula is C11H9IN2. The lowest BCUT2D eigenvalue weighted by atomic mass is 10.1. The number of rotatable bonds is 1. The standard InChI is InChI=1S/C11H9IN2/c1-14-7-8(5-6-13)11-9(12)3-2-4-10(11)14/h2-4,7H,5H2,1H3. The fourth-order valence-corrected chi connectivity index (χ4v) is 2.54. The number of aryl methyl sites for hydroxylation is 1. The summed E-state index contributed by atoms with van der Waals surface area (Å²) in [5.74, 6) is 0. The van der Waals surface area contributed by atoms with Crippen LogP contribution in [0.4, 0.5) is 0 Å². The molecule has 1 heterocycles. The average Bonchev–Trinajstić information content (AvgIpc) is 2.46. The zero-order valence-electron chi connectivity index (χ0n) is 7.79. The molecule has 0 radical (unpaired) electrons. The molecule has 14 heavy (non-hydrogen) atoms. The smallest absolute Gasteiger partial charge is 0.0670 e. The zero-order chi connectivity index (χ0) is 10.1. The van der Waals surface area contributed by atoms with Crippen LogP contribution in [0.3, 0.4) is 0 Å². The Balaban J connectivity index is 2.80. The van der Waals surface area contributed by atoms with E-state index in [1.54, 1.807) is 0 Å².